The maximum atomic E-state index is 12.0. The van der Waals surface area contributed by atoms with Gasteiger partial charge >= 0.3 is 0 Å². The Morgan fingerprint density at radius 2 is 2.00 bits per heavy atom. The second kappa shape index (κ2) is 6.79. The van der Waals surface area contributed by atoms with Gasteiger partial charge in [-0.3, -0.25) is 4.79 Å². The normalized spacial score (nSPS) is 15.2. The summed E-state index contributed by atoms with van der Waals surface area (Å²) in [4.78, 5) is 13.8. The molecule has 1 heterocycles. The van der Waals surface area contributed by atoms with Crippen LogP contribution in [0.2, 0.25) is 0 Å². The van der Waals surface area contributed by atoms with Crippen molar-refractivity contribution in [3.8, 4) is 6.07 Å². The van der Waals surface area contributed by atoms with E-state index in [1.165, 1.54) is 12.3 Å². The third-order valence-corrected chi connectivity index (χ3v) is 4.72. The zero-order chi connectivity index (χ0) is 16.2. The third-order valence-electron chi connectivity index (χ3n) is 3.58. The highest BCUT2D eigenvalue weighted by molar-refractivity contribution is 7.90. The maximum Gasteiger partial charge on any atom is 0.238 e. The maximum absolute atomic E-state index is 12.0. The fourth-order valence-corrected chi connectivity index (χ4v) is 3.45. The van der Waals surface area contributed by atoms with E-state index in [1.807, 2.05) is 4.90 Å². The van der Waals surface area contributed by atoms with Crippen molar-refractivity contribution in [2.45, 2.75) is 30.6 Å². The SMILES string of the molecule is CS(=O)(=O)c1ccc(NC(=O)CC#N)cc1N1CCCCC1. The van der Waals surface area contributed by atoms with Gasteiger partial charge in [-0.2, -0.15) is 5.26 Å². The Hall–Kier alpha value is -2.07. The summed E-state index contributed by atoms with van der Waals surface area (Å²) in [7, 11) is -3.34. The molecule has 6 nitrogen and oxygen atoms in total. The lowest BCUT2D eigenvalue weighted by Gasteiger charge is -2.30. The van der Waals surface area contributed by atoms with Crippen molar-refractivity contribution in [2.24, 2.45) is 0 Å². The van der Waals surface area contributed by atoms with Gasteiger partial charge in [0.05, 0.1) is 16.7 Å². The largest absolute Gasteiger partial charge is 0.370 e. The van der Waals surface area contributed by atoms with Crippen LogP contribution >= 0.6 is 0 Å². The van der Waals surface area contributed by atoms with Gasteiger partial charge in [-0.15, -0.1) is 0 Å². The van der Waals surface area contributed by atoms with Gasteiger partial charge in [-0.05, 0) is 37.5 Å². The summed E-state index contributed by atoms with van der Waals surface area (Å²) < 4.78 is 24.0. The van der Waals surface area contributed by atoms with Crippen LogP contribution in [0.3, 0.4) is 0 Å². The highest BCUT2D eigenvalue weighted by Gasteiger charge is 2.20. The average Bonchev–Trinajstić information content (AvgIpc) is 2.47. The molecular weight excluding hydrogens is 302 g/mol. The average molecular weight is 321 g/mol. The van der Waals surface area contributed by atoms with Gasteiger partial charge < -0.3 is 10.2 Å². The molecule has 118 valence electrons. The first-order chi connectivity index (χ1) is 10.4. The predicted octanol–water partition coefficient (Wildman–Crippen LogP) is 1.93. The number of hydrogen-bond acceptors (Lipinski definition) is 5. The number of rotatable bonds is 4. The molecule has 1 saturated heterocycles. The molecule has 22 heavy (non-hydrogen) atoms. The first-order valence-electron chi connectivity index (χ1n) is 7.17. The van der Waals surface area contributed by atoms with Crippen molar-refractivity contribution in [1.82, 2.24) is 0 Å². The predicted molar refractivity (Wildman–Crippen MR) is 84.5 cm³/mol. The lowest BCUT2D eigenvalue weighted by molar-refractivity contribution is -0.115. The minimum absolute atomic E-state index is 0.229. The van der Waals surface area contributed by atoms with Crippen LogP contribution in [0.1, 0.15) is 25.7 Å². The Labute approximate surface area is 130 Å². The van der Waals surface area contributed by atoms with Gasteiger partial charge in [0, 0.05) is 25.0 Å². The smallest absolute Gasteiger partial charge is 0.238 e. The zero-order valence-electron chi connectivity index (χ0n) is 12.5. The van der Waals surface area contributed by atoms with Crippen LogP contribution < -0.4 is 10.2 Å². The van der Waals surface area contributed by atoms with Crippen molar-refractivity contribution in [1.29, 1.82) is 5.26 Å². The topological polar surface area (TPSA) is 90.3 Å². The van der Waals surface area contributed by atoms with E-state index in [-0.39, 0.29) is 11.3 Å². The van der Waals surface area contributed by atoms with Crippen LogP contribution in [0, 0.1) is 11.3 Å². The molecule has 0 saturated carbocycles. The van der Waals surface area contributed by atoms with Crippen molar-refractivity contribution < 1.29 is 13.2 Å². The third kappa shape index (κ3) is 3.98. The number of nitrogens with one attached hydrogen (secondary N) is 1. The standard InChI is InChI=1S/C15H19N3O3S/c1-22(20,21)14-6-5-12(17-15(19)7-8-16)11-13(14)18-9-3-2-4-10-18/h5-6,11H,2-4,7,9-10H2,1H3,(H,17,19). The van der Waals surface area contributed by atoms with E-state index in [4.69, 9.17) is 5.26 Å². The van der Waals surface area contributed by atoms with Gasteiger partial charge in [0.1, 0.15) is 6.42 Å². The Morgan fingerprint density at radius 1 is 1.32 bits per heavy atom. The van der Waals surface area contributed by atoms with Crippen LogP contribution in [0.25, 0.3) is 0 Å². The molecule has 1 aliphatic rings. The molecule has 1 aromatic rings. The van der Waals surface area contributed by atoms with Crippen molar-refractivity contribution in [2.75, 3.05) is 29.6 Å². The van der Waals surface area contributed by atoms with Gasteiger partial charge in [-0.1, -0.05) is 0 Å². The highest BCUT2D eigenvalue weighted by Crippen LogP contribution is 2.30. The van der Waals surface area contributed by atoms with E-state index >= 15 is 0 Å². The Balaban J connectivity index is 2.37. The van der Waals surface area contributed by atoms with E-state index in [2.05, 4.69) is 5.32 Å². The number of sulfone groups is 1. The molecule has 1 aromatic carbocycles. The number of benzene rings is 1. The number of nitriles is 1. The minimum Gasteiger partial charge on any atom is -0.370 e. The molecule has 0 unspecified atom stereocenters. The van der Waals surface area contributed by atoms with Crippen LogP contribution in [-0.4, -0.2) is 33.7 Å². The van der Waals surface area contributed by atoms with Crippen LogP contribution in [0.15, 0.2) is 23.1 Å². The lowest BCUT2D eigenvalue weighted by Crippen LogP contribution is -2.30. The first-order valence-corrected chi connectivity index (χ1v) is 9.07. The summed E-state index contributed by atoms with van der Waals surface area (Å²) in [6, 6.07) is 6.53. The molecule has 1 N–H and O–H groups in total. The molecule has 2 rings (SSSR count). The molecule has 0 radical (unpaired) electrons. The van der Waals surface area contributed by atoms with Gasteiger partial charge in [0.2, 0.25) is 5.91 Å². The van der Waals surface area contributed by atoms with Gasteiger partial charge in [0.25, 0.3) is 0 Å². The van der Waals surface area contributed by atoms with E-state index in [9.17, 15) is 13.2 Å². The summed E-state index contributed by atoms with van der Waals surface area (Å²) in [5, 5.41) is 11.1. The number of hydrogen-bond donors (Lipinski definition) is 1. The second-order valence-electron chi connectivity index (χ2n) is 5.39. The molecule has 0 atom stereocenters. The molecule has 1 amide bonds. The fourth-order valence-electron chi connectivity index (χ4n) is 2.57. The number of carbonyl (C=O) groups is 1. The highest BCUT2D eigenvalue weighted by atomic mass is 32.2. The van der Waals surface area contributed by atoms with Crippen molar-refractivity contribution in [3.05, 3.63) is 18.2 Å². The molecule has 0 aromatic heterocycles. The van der Waals surface area contributed by atoms with Crippen LogP contribution in [0.4, 0.5) is 11.4 Å². The van der Waals surface area contributed by atoms with E-state index in [1.54, 1.807) is 18.2 Å². The summed E-state index contributed by atoms with van der Waals surface area (Å²) in [5.74, 6) is -0.404. The number of amides is 1. The molecule has 7 heteroatoms. The minimum atomic E-state index is -3.34. The number of anilines is 2. The first kappa shape index (κ1) is 16.3. The quantitative estimate of drug-likeness (QED) is 0.915. The molecular formula is C15H19N3O3S. The zero-order valence-corrected chi connectivity index (χ0v) is 13.3. The van der Waals surface area contributed by atoms with E-state index in [0.29, 0.717) is 11.4 Å². The van der Waals surface area contributed by atoms with Crippen molar-refractivity contribution >= 4 is 27.1 Å². The molecule has 0 spiro atoms. The molecule has 0 bridgehead atoms. The summed E-state index contributed by atoms with van der Waals surface area (Å²) in [6.07, 6.45) is 4.14. The van der Waals surface area contributed by atoms with Crippen LogP contribution in [0.5, 0.6) is 0 Å². The summed E-state index contributed by atoms with van der Waals surface area (Å²) >= 11 is 0. The van der Waals surface area contributed by atoms with Gasteiger partial charge in [-0.25, -0.2) is 8.42 Å². The number of piperidine rings is 1. The molecule has 1 aliphatic heterocycles. The molecule has 0 aliphatic carbocycles. The summed E-state index contributed by atoms with van der Waals surface area (Å²) in [6.45, 7) is 1.61. The van der Waals surface area contributed by atoms with Crippen molar-refractivity contribution in [3.63, 3.8) is 0 Å². The monoisotopic (exact) mass is 321 g/mol. The Bertz CT molecular complexity index is 701. The van der Waals surface area contributed by atoms with E-state index in [0.717, 1.165) is 32.4 Å². The number of nitrogens with zero attached hydrogens (tertiary/aromatic N) is 2. The fraction of sp³-hybridized carbons (Fsp3) is 0.467. The lowest BCUT2D eigenvalue weighted by atomic mass is 10.1. The van der Waals surface area contributed by atoms with E-state index < -0.39 is 15.7 Å². The Kier molecular flexibility index (Phi) is 5.03. The van der Waals surface area contributed by atoms with Gasteiger partial charge in [0.15, 0.2) is 9.84 Å². The Morgan fingerprint density at radius 3 is 2.59 bits per heavy atom. The summed E-state index contributed by atoms with van der Waals surface area (Å²) in [5.41, 5.74) is 1.13. The second-order valence-corrected chi connectivity index (χ2v) is 7.37. The number of carbonyl (C=O) groups excluding carboxylic acids is 1. The van der Waals surface area contributed by atoms with Crippen LogP contribution in [-0.2, 0) is 14.6 Å². The molecule has 1 fully saturated rings.